The molecule has 0 saturated heterocycles. The first kappa shape index (κ1) is 21.0. The van der Waals surface area contributed by atoms with Gasteiger partial charge in [0.05, 0.1) is 10.5 Å². The normalized spacial score (nSPS) is 11.6. The highest BCUT2D eigenvalue weighted by Crippen LogP contribution is 2.23. The van der Waals surface area contributed by atoms with Crippen LogP contribution in [-0.4, -0.2) is 23.8 Å². The van der Waals surface area contributed by atoms with Crippen molar-refractivity contribution in [1.82, 2.24) is 4.31 Å². The summed E-state index contributed by atoms with van der Waals surface area (Å²) < 4.78 is 41.7. The Morgan fingerprint density at radius 1 is 0.931 bits per heavy atom. The number of carboxylic acids is 1. The smallest absolute Gasteiger partial charge is 0.335 e. The molecule has 0 radical (unpaired) electrons. The number of rotatable bonds is 7. The average Bonchev–Trinajstić information content (AvgIpc) is 2.70. The van der Waals surface area contributed by atoms with Crippen molar-refractivity contribution in [2.24, 2.45) is 0 Å². The lowest BCUT2D eigenvalue weighted by Gasteiger charge is -2.23. The van der Waals surface area contributed by atoms with Crippen LogP contribution in [0.4, 0.5) is 4.39 Å². The quantitative estimate of drug-likeness (QED) is 0.592. The zero-order valence-corrected chi connectivity index (χ0v) is 16.7. The fourth-order valence-corrected chi connectivity index (χ4v) is 4.29. The van der Waals surface area contributed by atoms with E-state index in [0.717, 1.165) is 4.31 Å². The number of sulfonamides is 1. The molecule has 0 spiro atoms. The molecule has 1 N–H and O–H groups in total. The number of hydrogen-bond acceptors (Lipinski definition) is 3. The molecule has 0 atom stereocenters. The molecular weight excluding hydrogens is 417 g/mol. The summed E-state index contributed by atoms with van der Waals surface area (Å²) >= 11 is 5.86. The van der Waals surface area contributed by atoms with Gasteiger partial charge in [0.25, 0.3) is 0 Å². The Bertz CT molecular complexity index is 1120. The third-order valence-electron chi connectivity index (χ3n) is 4.32. The van der Waals surface area contributed by atoms with Crippen molar-refractivity contribution >= 4 is 27.6 Å². The highest BCUT2D eigenvalue weighted by atomic mass is 35.5. The predicted molar refractivity (Wildman–Crippen MR) is 108 cm³/mol. The van der Waals surface area contributed by atoms with Crippen LogP contribution in [-0.2, 0) is 23.1 Å². The van der Waals surface area contributed by atoms with Gasteiger partial charge in [0.1, 0.15) is 5.82 Å². The molecule has 0 aliphatic carbocycles. The lowest BCUT2D eigenvalue weighted by atomic mass is 10.1. The van der Waals surface area contributed by atoms with E-state index in [9.17, 15) is 17.6 Å². The van der Waals surface area contributed by atoms with E-state index < -0.39 is 21.8 Å². The Balaban J connectivity index is 1.97. The van der Waals surface area contributed by atoms with Crippen LogP contribution in [0.15, 0.2) is 77.7 Å². The van der Waals surface area contributed by atoms with E-state index >= 15 is 0 Å². The Kier molecular flexibility index (Phi) is 6.32. The third-order valence-corrected chi connectivity index (χ3v) is 6.37. The molecule has 8 heteroatoms. The first-order chi connectivity index (χ1) is 13.8. The van der Waals surface area contributed by atoms with Crippen molar-refractivity contribution in [1.29, 1.82) is 0 Å². The molecular formula is C21H17ClFNO4S. The number of benzene rings is 3. The molecule has 29 heavy (non-hydrogen) atoms. The van der Waals surface area contributed by atoms with Gasteiger partial charge in [0, 0.05) is 23.7 Å². The zero-order chi connectivity index (χ0) is 21.0. The number of hydrogen-bond donors (Lipinski definition) is 1. The van der Waals surface area contributed by atoms with Crippen LogP contribution >= 0.6 is 11.6 Å². The van der Waals surface area contributed by atoms with Crippen LogP contribution in [0.5, 0.6) is 0 Å². The second-order valence-electron chi connectivity index (χ2n) is 6.32. The summed E-state index contributed by atoms with van der Waals surface area (Å²) in [7, 11) is -3.97. The second-order valence-corrected chi connectivity index (χ2v) is 8.69. The molecule has 0 bridgehead atoms. The molecule has 5 nitrogen and oxygen atoms in total. The molecule has 0 aliphatic heterocycles. The first-order valence-electron chi connectivity index (χ1n) is 8.59. The van der Waals surface area contributed by atoms with Crippen LogP contribution in [0.3, 0.4) is 0 Å². The molecule has 0 saturated carbocycles. The Morgan fingerprint density at radius 2 is 1.55 bits per heavy atom. The molecule has 0 unspecified atom stereocenters. The van der Waals surface area contributed by atoms with Crippen LogP contribution in [0.2, 0.25) is 5.02 Å². The Hall–Kier alpha value is -2.74. The van der Waals surface area contributed by atoms with Crippen molar-refractivity contribution in [3.63, 3.8) is 0 Å². The average molecular weight is 434 g/mol. The number of aromatic carboxylic acids is 1. The lowest BCUT2D eigenvalue weighted by molar-refractivity contribution is 0.0697. The van der Waals surface area contributed by atoms with Gasteiger partial charge in [-0.1, -0.05) is 41.9 Å². The lowest BCUT2D eigenvalue weighted by Crippen LogP contribution is -2.30. The van der Waals surface area contributed by atoms with E-state index in [2.05, 4.69) is 0 Å². The van der Waals surface area contributed by atoms with Crippen molar-refractivity contribution in [2.45, 2.75) is 18.0 Å². The fourth-order valence-electron chi connectivity index (χ4n) is 2.75. The molecule has 3 rings (SSSR count). The first-order valence-corrected chi connectivity index (χ1v) is 10.4. The summed E-state index contributed by atoms with van der Waals surface area (Å²) in [5.74, 6) is -1.58. The number of nitrogens with zero attached hydrogens (tertiary/aromatic N) is 1. The predicted octanol–water partition coefficient (Wildman–Crippen LogP) is 4.57. The van der Waals surface area contributed by atoms with Gasteiger partial charge < -0.3 is 5.11 Å². The topological polar surface area (TPSA) is 74.7 Å². The van der Waals surface area contributed by atoms with Crippen LogP contribution in [0.25, 0.3) is 0 Å². The van der Waals surface area contributed by atoms with E-state index in [1.807, 2.05) is 0 Å². The standard InChI is InChI=1S/C21H17ClFNO4S/c22-18-9-11-19(12-10-18)29(27,28)24(14-17-3-1-2-4-20(17)23)13-15-5-7-16(8-6-15)21(25)26/h1-12H,13-14H2,(H,25,26). The number of carbonyl (C=O) groups is 1. The van der Waals surface area contributed by atoms with Crippen LogP contribution < -0.4 is 0 Å². The van der Waals surface area contributed by atoms with Crippen molar-refractivity contribution in [3.05, 3.63) is 100 Å². The summed E-state index contributed by atoms with van der Waals surface area (Å²) in [6.07, 6.45) is 0. The monoisotopic (exact) mass is 433 g/mol. The van der Waals surface area contributed by atoms with Crippen molar-refractivity contribution < 1.29 is 22.7 Å². The maximum Gasteiger partial charge on any atom is 0.335 e. The summed E-state index contributed by atoms with van der Waals surface area (Å²) in [4.78, 5) is 11.1. The van der Waals surface area contributed by atoms with Gasteiger partial charge in [-0.2, -0.15) is 4.31 Å². The van der Waals surface area contributed by atoms with E-state index in [1.165, 1.54) is 66.7 Å². The molecule has 150 valence electrons. The summed E-state index contributed by atoms with van der Waals surface area (Å²) in [5, 5.41) is 9.42. The van der Waals surface area contributed by atoms with Gasteiger partial charge in [0.15, 0.2) is 0 Å². The fraction of sp³-hybridized carbons (Fsp3) is 0.0952. The summed E-state index contributed by atoms with van der Waals surface area (Å²) in [5.41, 5.74) is 0.894. The van der Waals surface area contributed by atoms with E-state index in [1.54, 1.807) is 6.07 Å². The molecule has 3 aromatic rings. The maximum atomic E-state index is 14.2. The van der Waals surface area contributed by atoms with E-state index in [0.29, 0.717) is 10.6 Å². The largest absolute Gasteiger partial charge is 0.478 e. The van der Waals surface area contributed by atoms with Gasteiger partial charge in [-0.3, -0.25) is 0 Å². The molecule has 0 heterocycles. The third kappa shape index (κ3) is 5.00. The molecule has 0 aromatic heterocycles. The van der Waals surface area contributed by atoms with Gasteiger partial charge in [-0.15, -0.1) is 0 Å². The number of halogens is 2. The van der Waals surface area contributed by atoms with E-state index in [4.69, 9.17) is 16.7 Å². The molecule has 0 aliphatic rings. The van der Waals surface area contributed by atoms with E-state index in [-0.39, 0.29) is 29.1 Å². The van der Waals surface area contributed by atoms with Crippen molar-refractivity contribution in [3.8, 4) is 0 Å². The number of carboxylic acid groups (broad SMARTS) is 1. The van der Waals surface area contributed by atoms with Gasteiger partial charge in [-0.25, -0.2) is 17.6 Å². The highest BCUT2D eigenvalue weighted by molar-refractivity contribution is 7.89. The van der Waals surface area contributed by atoms with Crippen molar-refractivity contribution in [2.75, 3.05) is 0 Å². The minimum absolute atomic E-state index is 0.0281. The second kappa shape index (κ2) is 8.73. The highest BCUT2D eigenvalue weighted by Gasteiger charge is 2.26. The molecule has 0 fully saturated rings. The Morgan fingerprint density at radius 3 is 2.14 bits per heavy atom. The molecule has 3 aromatic carbocycles. The van der Waals surface area contributed by atoms with Crippen LogP contribution in [0.1, 0.15) is 21.5 Å². The van der Waals surface area contributed by atoms with Gasteiger partial charge >= 0.3 is 5.97 Å². The summed E-state index contributed by atoms with van der Waals surface area (Å²) in [6, 6.07) is 17.5. The minimum Gasteiger partial charge on any atom is -0.478 e. The maximum absolute atomic E-state index is 14.2. The van der Waals surface area contributed by atoms with Gasteiger partial charge in [-0.05, 0) is 48.0 Å². The molecule has 0 amide bonds. The zero-order valence-electron chi connectivity index (χ0n) is 15.1. The minimum atomic E-state index is -3.97. The Labute approximate surface area is 173 Å². The van der Waals surface area contributed by atoms with Crippen LogP contribution in [0, 0.1) is 5.82 Å². The van der Waals surface area contributed by atoms with Gasteiger partial charge in [0.2, 0.25) is 10.0 Å². The summed E-state index contributed by atoms with van der Waals surface area (Å²) in [6.45, 7) is -0.239. The SMILES string of the molecule is O=C(O)c1ccc(CN(Cc2ccccc2F)S(=O)(=O)c2ccc(Cl)cc2)cc1.